The zero-order chi connectivity index (χ0) is 26.0. The molecule has 0 radical (unpaired) electrons. The smallest absolute Gasteiger partial charge is 0.416 e. The van der Waals surface area contributed by atoms with E-state index >= 15 is 0 Å². The predicted molar refractivity (Wildman–Crippen MR) is 136 cm³/mol. The first-order chi connectivity index (χ1) is 17.3. The molecule has 0 aliphatic rings. The third-order valence-corrected chi connectivity index (χ3v) is 6.07. The van der Waals surface area contributed by atoms with Gasteiger partial charge in [0.15, 0.2) is 0 Å². The van der Waals surface area contributed by atoms with Gasteiger partial charge in [0, 0.05) is 5.56 Å². The van der Waals surface area contributed by atoms with Gasteiger partial charge in [-0.2, -0.15) is 13.2 Å². The van der Waals surface area contributed by atoms with Gasteiger partial charge in [-0.1, -0.05) is 57.2 Å². The van der Waals surface area contributed by atoms with E-state index in [4.69, 9.17) is 9.15 Å². The van der Waals surface area contributed by atoms with E-state index in [9.17, 15) is 18.3 Å². The lowest BCUT2D eigenvalue weighted by atomic mass is 9.98. The number of ether oxygens (including phenoxy) is 1. The van der Waals surface area contributed by atoms with Crippen LogP contribution in [0.5, 0.6) is 5.75 Å². The van der Waals surface area contributed by atoms with Crippen molar-refractivity contribution in [1.29, 1.82) is 0 Å². The zero-order valence-electron chi connectivity index (χ0n) is 20.9. The van der Waals surface area contributed by atoms with Crippen molar-refractivity contribution >= 4 is 5.57 Å². The minimum absolute atomic E-state index is 0.0128. The molecule has 0 amide bonds. The van der Waals surface area contributed by atoms with Gasteiger partial charge in [0.2, 0.25) is 5.89 Å². The molecule has 0 saturated heterocycles. The van der Waals surface area contributed by atoms with Crippen molar-refractivity contribution in [1.82, 2.24) is 4.98 Å². The van der Waals surface area contributed by atoms with Crippen molar-refractivity contribution in [2.24, 2.45) is 0 Å². The van der Waals surface area contributed by atoms with Crippen LogP contribution in [0.3, 0.4) is 0 Å². The SMILES string of the molecule is CCCCCCCC/C(=C\CO)c1cccc(OCc2nc(-c3ccc(C(F)(F)F)cc3)oc2C)c1. The number of aryl methyl sites for hydroxylation is 1. The Balaban J connectivity index is 1.62. The van der Waals surface area contributed by atoms with Crippen LogP contribution in [0.2, 0.25) is 0 Å². The third-order valence-electron chi connectivity index (χ3n) is 6.07. The van der Waals surface area contributed by atoms with Crippen molar-refractivity contribution in [3.05, 3.63) is 77.2 Å². The number of nitrogens with zero attached hydrogens (tertiary/aromatic N) is 1. The molecule has 3 rings (SSSR count). The second kappa shape index (κ2) is 13.3. The Morgan fingerprint density at radius 3 is 2.44 bits per heavy atom. The number of aliphatic hydroxyl groups excluding tert-OH is 1. The Morgan fingerprint density at radius 1 is 1.03 bits per heavy atom. The molecule has 0 saturated carbocycles. The molecule has 4 nitrogen and oxygen atoms in total. The molecule has 0 aliphatic carbocycles. The summed E-state index contributed by atoms with van der Waals surface area (Å²) in [4.78, 5) is 4.43. The van der Waals surface area contributed by atoms with Gasteiger partial charge >= 0.3 is 6.18 Å². The third kappa shape index (κ3) is 7.98. The van der Waals surface area contributed by atoms with Gasteiger partial charge in [0.1, 0.15) is 23.8 Å². The van der Waals surface area contributed by atoms with Crippen LogP contribution < -0.4 is 4.74 Å². The number of halogens is 3. The quantitative estimate of drug-likeness (QED) is 0.239. The van der Waals surface area contributed by atoms with E-state index in [-0.39, 0.29) is 19.1 Å². The summed E-state index contributed by atoms with van der Waals surface area (Å²) in [5, 5.41) is 9.49. The molecular weight excluding hydrogens is 467 g/mol. The van der Waals surface area contributed by atoms with E-state index in [1.807, 2.05) is 30.3 Å². The van der Waals surface area contributed by atoms with Crippen molar-refractivity contribution in [2.75, 3.05) is 6.61 Å². The summed E-state index contributed by atoms with van der Waals surface area (Å²) in [6.07, 6.45) is 5.60. The van der Waals surface area contributed by atoms with Crippen molar-refractivity contribution in [3.63, 3.8) is 0 Å². The Hall–Kier alpha value is -3.06. The first kappa shape index (κ1) is 27.5. The summed E-state index contributed by atoms with van der Waals surface area (Å²) in [5.41, 5.74) is 2.43. The van der Waals surface area contributed by atoms with Crippen LogP contribution >= 0.6 is 0 Å². The van der Waals surface area contributed by atoms with Crippen LogP contribution in [0.4, 0.5) is 13.2 Å². The summed E-state index contributed by atoms with van der Waals surface area (Å²) in [6, 6.07) is 12.5. The summed E-state index contributed by atoms with van der Waals surface area (Å²) in [7, 11) is 0. The molecule has 1 heterocycles. The van der Waals surface area contributed by atoms with Gasteiger partial charge in [0.05, 0.1) is 12.2 Å². The summed E-state index contributed by atoms with van der Waals surface area (Å²) < 4.78 is 50.1. The van der Waals surface area contributed by atoms with Gasteiger partial charge in [-0.25, -0.2) is 4.98 Å². The van der Waals surface area contributed by atoms with Gasteiger partial charge < -0.3 is 14.3 Å². The molecule has 0 atom stereocenters. The number of rotatable bonds is 13. The molecule has 0 fully saturated rings. The standard InChI is InChI=1S/C29H34F3NO3/c1-3-4-5-6-7-8-10-22(17-18-34)24-11-9-12-26(19-24)35-20-27-21(2)36-28(33-27)23-13-15-25(16-14-23)29(30,31)32/h9,11-17,19,34H,3-8,10,18,20H2,1-2H3/b22-17+. The van der Waals surface area contributed by atoms with Crippen molar-refractivity contribution in [2.45, 2.75) is 71.6 Å². The lowest BCUT2D eigenvalue weighted by molar-refractivity contribution is -0.137. The molecule has 0 bridgehead atoms. The lowest BCUT2D eigenvalue weighted by Crippen LogP contribution is -2.04. The van der Waals surface area contributed by atoms with Crippen molar-refractivity contribution in [3.8, 4) is 17.2 Å². The molecule has 7 heteroatoms. The highest BCUT2D eigenvalue weighted by Gasteiger charge is 2.30. The molecule has 0 unspecified atom stereocenters. The fourth-order valence-corrected chi connectivity index (χ4v) is 3.99. The Bertz CT molecular complexity index is 1120. The van der Waals surface area contributed by atoms with E-state index < -0.39 is 11.7 Å². The van der Waals surface area contributed by atoms with Gasteiger partial charge in [-0.15, -0.1) is 0 Å². The molecule has 1 N–H and O–H groups in total. The highest BCUT2D eigenvalue weighted by atomic mass is 19.4. The molecule has 36 heavy (non-hydrogen) atoms. The van der Waals surface area contributed by atoms with Crippen LogP contribution in [-0.4, -0.2) is 16.7 Å². The van der Waals surface area contributed by atoms with Gasteiger partial charge in [-0.05, 0) is 67.3 Å². The largest absolute Gasteiger partial charge is 0.487 e. The number of aromatic nitrogens is 1. The number of benzene rings is 2. The van der Waals surface area contributed by atoms with Gasteiger partial charge in [0.25, 0.3) is 0 Å². The first-order valence-corrected chi connectivity index (χ1v) is 12.5. The summed E-state index contributed by atoms with van der Waals surface area (Å²) >= 11 is 0. The minimum atomic E-state index is -4.39. The molecule has 0 spiro atoms. The number of alkyl halides is 3. The Morgan fingerprint density at radius 2 is 1.75 bits per heavy atom. The Kier molecular flexibility index (Phi) is 10.2. The zero-order valence-corrected chi connectivity index (χ0v) is 20.9. The maximum atomic E-state index is 12.8. The number of unbranched alkanes of at least 4 members (excludes halogenated alkanes) is 5. The minimum Gasteiger partial charge on any atom is -0.487 e. The second-order valence-electron chi connectivity index (χ2n) is 8.84. The van der Waals surface area contributed by atoms with Crippen LogP contribution in [-0.2, 0) is 12.8 Å². The fourth-order valence-electron chi connectivity index (χ4n) is 3.99. The maximum absolute atomic E-state index is 12.8. The van der Waals surface area contributed by atoms with E-state index in [1.54, 1.807) is 6.92 Å². The topological polar surface area (TPSA) is 55.5 Å². The molecule has 0 aliphatic heterocycles. The monoisotopic (exact) mass is 501 g/mol. The molecule has 194 valence electrons. The summed E-state index contributed by atoms with van der Waals surface area (Å²) in [5.74, 6) is 1.46. The molecular formula is C29H34F3NO3. The number of hydrogen-bond acceptors (Lipinski definition) is 4. The molecule has 3 aromatic rings. The highest BCUT2D eigenvalue weighted by molar-refractivity contribution is 5.66. The molecule has 2 aromatic carbocycles. The van der Waals surface area contributed by atoms with Crippen LogP contribution in [0.1, 0.15) is 74.5 Å². The predicted octanol–water partition coefficient (Wildman–Crippen LogP) is 8.37. The number of allylic oxidation sites excluding steroid dienone is 1. The average Bonchev–Trinajstić information content (AvgIpc) is 3.24. The number of oxazole rings is 1. The van der Waals surface area contributed by atoms with Gasteiger partial charge in [-0.3, -0.25) is 0 Å². The highest BCUT2D eigenvalue weighted by Crippen LogP contribution is 2.31. The first-order valence-electron chi connectivity index (χ1n) is 12.5. The lowest BCUT2D eigenvalue weighted by Gasteiger charge is -2.11. The molecule has 1 aromatic heterocycles. The van der Waals surface area contributed by atoms with Crippen LogP contribution in [0.15, 0.2) is 59.0 Å². The Labute approximate surface area is 210 Å². The van der Waals surface area contributed by atoms with E-state index in [0.717, 1.165) is 36.1 Å². The summed E-state index contributed by atoms with van der Waals surface area (Å²) in [6.45, 7) is 4.11. The number of aliphatic hydroxyl groups is 1. The van der Waals surface area contributed by atoms with E-state index in [1.165, 1.54) is 44.2 Å². The van der Waals surface area contributed by atoms with E-state index in [2.05, 4.69) is 11.9 Å². The average molecular weight is 502 g/mol. The number of hydrogen-bond donors (Lipinski definition) is 1. The fraction of sp³-hybridized carbons (Fsp3) is 0.414. The normalized spacial score (nSPS) is 12.2. The van der Waals surface area contributed by atoms with Crippen LogP contribution in [0, 0.1) is 6.92 Å². The maximum Gasteiger partial charge on any atom is 0.416 e. The second-order valence-corrected chi connectivity index (χ2v) is 8.84. The van der Waals surface area contributed by atoms with Crippen molar-refractivity contribution < 1.29 is 27.4 Å². The van der Waals surface area contributed by atoms with Crippen LogP contribution in [0.25, 0.3) is 17.0 Å². The van der Waals surface area contributed by atoms with E-state index in [0.29, 0.717) is 22.8 Å².